The van der Waals surface area contributed by atoms with E-state index in [9.17, 15) is 0 Å². The Kier molecular flexibility index (Phi) is 4.04. The average molecular weight is 260 g/mol. The molecule has 0 amide bonds. The van der Waals surface area contributed by atoms with Crippen molar-refractivity contribution in [3.63, 3.8) is 0 Å². The highest BCUT2D eigenvalue weighted by Gasteiger charge is 2.22. The lowest BCUT2D eigenvalue weighted by Crippen LogP contribution is -2.27. The van der Waals surface area contributed by atoms with E-state index in [4.69, 9.17) is 10.5 Å². The zero-order valence-corrected chi connectivity index (χ0v) is 11.6. The van der Waals surface area contributed by atoms with Gasteiger partial charge < -0.3 is 15.4 Å². The Labute approximate surface area is 115 Å². The van der Waals surface area contributed by atoms with E-state index < -0.39 is 0 Å². The standard InChI is InChI=1S/C16H24N2O/c17-16(14-7-11-19-12-8-14)13-3-5-15(6-4-13)18-9-1-2-10-18/h3-6,14,16H,1-2,7-12,17H2/t16-/m0/s1. The monoisotopic (exact) mass is 260 g/mol. The van der Waals surface area contributed by atoms with Crippen molar-refractivity contribution in [3.05, 3.63) is 29.8 Å². The molecule has 2 saturated heterocycles. The maximum atomic E-state index is 6.40. The molecular weight excluding hydrogens is 236 g/mol. The number of benzene rings is 1. The first-order valence-electron chi connectivity index (χ1n) is 7.53. The molecule has 1 aromatic carbocycles. The molecule has 3 heteroatoms. The largest absolute Gasteiger partial charge is 0.381 e. The van der Waals surface area contributed by atoms with E-state index in [2.05, 4.69) is 29.2 Å². The van der Waals surface area contributed by atoms with Crippen molar-refractivity contribution in [2.45, 2.75) is 31.7 Å². The Balaban J connectivity index is 1.67. The maximum Gasteiger partial charge on any atom is 0.0469 e. The summed E-state index contributed by atoms with van der Waals surface area (Å²) in [5, 5.41) is 0. The summed E-state index contributed by atoms with van der Waals surface area (Å²) in [6.45, 7) is 4.13. The lowest BCUT2D eigenvalue weighted by Gasteiger charge is -2.28. The van der Waals surface area contributed by atoms with Crippen LogP contribution in [0.2, 0.25) is 0 Å². The van der Waals surface area contributed by atoms with Crippen LogP contribution in [0.15, 0.2) is 24.3 Å². The summed E-state index contributed by atoms with van der Waals surface area (Å²) in [6.07, 6.45) is 4.83. The van der Waals surface area contributed by atoms with E-state index in [0.717, 1.165) is 26.1 Å². The van der Waals surface area contributed by atoms with Gasteiger partial charge in [0.15, 0.2) is 0 Å². The van der Waals surface area contributed by atoms with Gasteiger partial charge in [0.2, 0.25) is 0 Å². The van der Waals surface area contributed by atoms with Crippen LogP contribution in [0.1, 0.15) is 37.3 Å². The van der Waals surface area contributed by atoms with E-state index in [0.29, 0.717) is 5.92 Å². The highest BCUT2D eigenvalue weighted by molar-refractivity contribution is 5.48. The van der Waals surface area contributed by atoms with Gasteiger partial charge in [-0.15, -0.1) is 0 Å². The number of rotatable bonds is 3. The predicted octanol–water partition coefficient (Wildman–Crippen LogP) is 2.71. The molecule has 104 valence electrons. The second-order valence-electron chi connectivity index (χ2n) is 5.76. The Morgan fingerprint density at radius 3 is 2.32 bits per heavy atom. The summed E-state index contributed by atoms with van der Waals surface area (Å²) in [4.78, 5) is 2.46. The molecule has 19 heavy (non-hydrogen) atoms. The van der Waals surface area contributed by atoms with Gasteiger partial charge in [-0.2, -0.15) is 0 Å². The van der Waals surface area contributed by atoms with Gasteiger partial charge in [0.05, 0.1) is 0 Å². The number of nitrogens with two attached hydrogens (primary N) is 1. The summed E-state index contributed by atoms with van der Waals surface area (Å²) in [7, 11) is 0. The summed E-state index contributed by atoms with van der Waals surface area (Å²) in [5.74, 6) is 0.575. The summed E-state index contributed by atoms with van der Waals surface area (Å²) < 4.78 is 5.41. The van der Waals surface area contributed by atoms with Crippen molar-refractivity contribution in [1.29, 1.82) is 0 Å². The van der Waals surface area contributed by atoms with Gasteiger partial charge in [-0.25, -0.2) is 0 Å². The minimum absolute atomic E-state index is 0.163. The molecule has 0 radical (unpaired) electrons. The van der Waals surface area contributed by atoms with Crippen molar-refractivity contribution in [1.82, 2.24) is 0 Å². The lowest BCUT2D eigenvalue weighted by atomic mass is 9.88. The van der Waals surface area contributed by atoms with Crippen LogP contribution in [0.5, 0.6) is 0 Å². The number of ether oxygens (including phenoxy) is 1. The fraction of sp³-hybridized carbons (Fsp3) is 0.625. The Bertz CT molecular complexity index is 392. The van der Waals surface area contributed by atoms with Crippen molar-refractivity contribution in [2.24, 2.45) is 11.7 Å². The normalized spacial score (nSPS) is 22.7. The Morgan fingerprint density at radius 2 is 1.68 bits per heavy atom. The summed E-state index contributed by atoms with van der Waals surface area (Å²) in [6, 6.07) is 9.07. The molecule has 0 aliphatic carbocycles. The average Bonchev–Trinajstić information content (AvgIpc) is 3.02. The molecule has 1 atom stereocenters. The zero-order valence-electron chi connectivity index (χ0n) is 11.6. The van der Waals surface area contributed by atoms with Crippen LogP contribution < -0.4 is 10.6 Å². The molecule has 2 heterocycles. The fourth-order valence-electron chi connectivity index (χ4n) is 3.23. The molecule has 0 unspecified atom stereocenters. The van der Waals surface area contributed by atoms with Gasteiger partial charge in [0.25, 0.3) is 0 Å². The van der Waals surface area contributed by atoms with Crippen LogP contribution in [-0.4, -0.2) is 26.3 Å². The molecule has 3 nitrogen and oxygen atoms in total. The van der Waals surface area contributed by atoms with Crippen molar-refractivity contribution in [2.75, 3.05) is 31.2 Å². The Hall–Kier alpha value is -1.06. The molecule has 2 fully saturated rings. The molecule has 0 spiro atoms. The fourth-order valence-corrected chi connectivity index (χ4v) is 3.23. The molecular formula is C16H24N2O. The van der Waals surface area contributed by atoms with Crippen LogP contribution in [0, 0.1) is 5.92 Å². The summed E-state index contributed by atoms with van der Waals surface area (Å²) >= 11 is 0. The number of nitrogens with zero attached hydrogens (tertiary/aromatic N) is 1. The van der Waals surface area contributed by atoms with Gasteiger partial charge >= 0.3 is 0 Å². The summed E-state index contributed by atoms with van der Waals surface area (Å²) in [5.41, 5.74) is 9.02. The second-order valence-corrected chi connectivity index (χ2v) is 5.76. The SMILES string of the molecule is N[C@@H](c1ccc(N2CCCC2)cc1)C1CCOCC1. The van der Waals surface area contributed by atoms with Gasteiger partial charge in [-0.05, 0) is 49.3 Å². The lowest BCUT2D eigenvalue weighted by molar-refractivity contribution is 0.0584. The van der Waals surface area contributed by atoms with Gasteiger partial charge in [-0.1, -0.05) is 12.1 Å². The first-order valence-corrected chi connectivity index (χ1v) is 7.53. The van der Waals surface area contributed by atoms with E-state index in [1.54, 1.807) is 0 Å². The number of anilines is 1. The smallest absolute Gasteiger partial charge is 0.0469 e. The number of hydrogen-bond acceptors (Lipinski definition) is 3. The molecule has 1 aromatic rings. The maximum absolute atomic E-state index is 6.40. The molecule has 2 N–H and O–H groups in total. The highest BCUT2D eigenvalue weighted by atomic mass is 16.5. The van der Waals surface area contributed by atoms with Crippen molar-refractivity contribution < 1.29 is 4.74 Å². The van der Waals surface area contributed by atoms with Crippen molar-refractivity contribution in [3.8, 4) is 0 Å². The third kappa shape index (κ3) is 2.93. The minimum Gasteiger partial charge on any atom is -0.381 e. The van der Waals surface area contributed by atoms with E-state index >= 15 is 0 Å². The highest BCUT2D eigenvalue weighted by Crippen LogP contribution is 2.29. The molecule has 0 saturated carbocycles. The molecule has 2 aliphatic rings. The van der Waals surface area contributed by atoms with E-state index in [-0.39, 0.29) is 6.04 Å². The first-order chi connectivity index (χ1) is 9.34. The molecule has 0 bridgehead atoms. The van der Waals surface area contributed by atoms with Crippen LogP contribution in [0.4, 0.5) is 5.69 Å². The third-order valence-corrected chi connectivity index (χ3v) is 4.52. The van der Waals surface area contributed by atoms with Gasteiger partial charge in [-0.3, -0.25) is 0 Å². The van der Waals surface area contributed by atoms with Crippen LogP contribution in [0.25, 0.3) is 0 Å². The first kappa shape index (κ1) is 12.9. The van der Waals surface area contributed by atoms with Gasteiger partial charge in [0, 0.05) is 38.0 Å². The van der Waals surface area contributed by atoms with Crippen molar-refractivity contribution >= 4 is 5.69 Å². The Morgan fingerprint density at radius 1 is 1.05 bits per heavy atom. The minimum atomic E-state index is 0.163. The van der Waals surface area contributed by atoms with E-state index in [1.165, 1.54) is 37.2 Å². The van der Waals surface area contributed by atoms with E-state index in [1.807, 2.05) is 0 Å². The molecule has 0 aromatic heterocycles. The van der Waals surface area contributed by atoms with Gasteiger partial charge in [0.1, 0.15) is 0 Å². The molecule has 3 rings (SSSR count). The topological polar surface area (TPSA) is 38.5 Å². The van der Waals surface area contributed by atoms with Crippen LogP contribution in [0.3, 0.4) is 0 Å². The third-order valence-electron chi connectivity index (χ3n) is 4.52. The van der Waals surface area contributed by atoms with Crippen LogP contribution in [-0.2, 0) is 4.74 Å². The number of hydrogen-bond donors (Lipinski definition) is 1. The second kappa shape index (κ2) is 5.93. The quantitative estimate of drug-likeness (QED) is 0.908. The molecule has 2 aliphatic heterocycles. The predicted molar refractivity (Wildman–Crippen MR) is 78.4 cm³/mol. The zero-order chi connectivity index (χ0) is 13.1. The van der Waals surface area contributed by atoms with Crippen LogP contribution >= 0.6 is 0 Å².